The molecule has 0 aliphatic carbocycles. The SMILES string of the molecule is COCCCN(CC(=O)Nc1cc(C(C)(C)C)nn1-c1ccccc1C)C(=O)Nc1ccccc1C(F)(F)F. The molecule has 11 heteroatoms. The lowest BCUT2D eigenvalue weighted by atomic mass is 9.92. The van der Waals surface area contributed by atoms with Crippen LogP contribution in [0.15, 0.2) is 54.6 Å². The molecule has 2 aromatic carbocycles. The van der Waals surface area contributed by atoms with Crippen LogP contribution in [0.3, 0.4) is 0 Å². The molecule has 0 aliphatic heterocycles. The number of aryl methyl sites for hydroxylation is 1. The normalized spacial score (nSPS) is 11.8. The molecule has 0 fully saturated rings. The smallest absolute Gasteiger partial charge is 0.385 e. The van der Waals surface area contributed by atoms with Crippen LogP contribution in [0.2, 0.25) is 0 Å². The monoisotopic (exact) mass is 545 g/mol. The number of hydrogen-bond donors (Lipinski definition) is 2. The van der Waals surface area contributed by atoms with Gasteiger partial charge in [0, 0.05) is 31.7 Å². The van der Waals surface area contributed by atoms with Gasteiger partial charge in [0.25, 0.3) is 0 Å². The Kier molecular flexibility index (Phi) is 9.39. The maximum Gasteiger partial charge on any atom is 0.418 e. The Morgan fingerprint density at radius 1 is 1.03 bits per heavy atom. The number of anilines is 2. The van der Waals surface area contributed by atoms with E-state index < -0.39 is 30.2 Å². The summed E-state index contributed by atoms with van der Waals surface area (Å²) < 4.78 is 47.0. The fourth-order valence-corrected chi connectivity index (χ4v) is 3.86. The van der Waals surface area contributed by atoms with Gasteiger partial charge in [-0.3, -0.25) is 4.79 Å². The zero-order chi connectivity index (χ0) is 28.8. The third kappa shape index (κ3) is 7.82. The molecule has 0 spiro atoms. The number of carbonyl (C=O) groups excluding carboxylic acids is 2. The quantitative estimate of drug-likeness (QED) is 0.323. The lowest BCUT2D eigenvalue weighted by molar-refractivity contribution is -0.137. The average Bonchev–Trinajstić information content (AvgIpc) is 3.27. The number of aromatic nitrogens is 2. The van der Waals surface area contributed by atoms with Crippen molar-refractivity contribution in [2.75, 3.05) is 37.4 Å². The van der Waals surface area contributed by atoms with Crippen LogP contribution in [-0.2, 0) is 21.1 Å². The van der Waals surface area contributed by atoms with Crippen molar-refractivity contribution in [3.05, 3.63) is 71.4 Å². The van der Waals surface area contributed by atoms with Crippen molar-refractivity contribution in [3.8, 4) is 5.69 Å². The number of nitrogens with one attached hydrogen (secondary N) is 2. The van der Waals surface area contributed by atoms with E-state index >= 15 is 0 Å². The number of nitrogens with zero attached hydrogens (tertiary/aromatic N) is 3. The topological polar surface area (TPSA) is 88.5 Å². The van der Waals surface area contributed by atoms with E-state index in [2.05, 4.69) is 10.6 Å². The Bertz CT molecular complexity index is 1300. The zero-order valence-corrected chi connectivity index (χ0v) is 22.7. The first kappa shape index (κ1) is 29.7. The number of halogens is 3. The van der Waals surface area contributed by atoms with E-state index in [4.69, 9.17) is 9.84 Å². The van der Waals surface area contributed by atoms with Gasteiger partial charge in [0.2, 0.25) is 5.91 Å². The summed E-state index contributed by atoms with van der Waals surface area (Å²) in [5.74, 6) is -0.110. The highest BCUT2D eigenvalue weighted by Crippen LogP contribution is 2.34. The van der Waals surface area contributed by atoms with E-state index in [0.717, 1.165) is 27.9 Å². The van der Waals surface area contributed by atoms with Gasteiger partial charge in [-0.1, -0.05) is 51.1 Å². The highest BCUT2D eigenvalue weighted by atomic mass is 19.4. The molecular weight excluding hydrogens is 511 g/mol. The molecule has 1 heterocycles. The van der Waals surface area contributed by atoms with Gasteiger partial charge in [-0.2, -0.15) is 18.3 Å². The number of rotatable bonds is 9. The van der Waals surface area contributed by atoms with E-state index in [-0.39, 0.29) is 17.6 Å². The summed E-state index contributed by atoms with van der Waals surface area (Å²) in [6.45, 7) is 7.94. The van der Waals surface area contributed by atoms with Gasteiger partial charge in [-0.05, 0) is 37.1 Å². The zero-order valence-electron chi connectivity index (χ0n) is 22.7. The summed E-state index contributed by atoms with van der Waals surface area (Å²) in [6.07, 6.45) is -4.27. The van der Waals surface area contributed by atoms with Crippen LogP contribution in [0.4, 0.5) is 29.5 Å². The van der Waals surface area contributed by atoms with Gasteiger partial charge >= 0.3 is 12.2 Å². The fourth-order valence-electron chi connectivity index (χ4n) is 3.86. The lowest BCUT2D eigenvalue weighted by Gasteiger charge is -2.24. The highest BCUT2D eigenvalue weighted by Gasteiger charge is 2.34. The molecule has 0 saturated carbocycles. The maximum absolute atomic E-state index is 13.4. The number of hydrogen-bond acceptors (Lipinski definition) is 4. The number of para-hydroxylation sites is 2. The molecule has 3 rings (SSSR count). The van der Waals surface area contributed by atoms with E-state index in [9.17, 15) is 22.8 Å². The molecule has 0 atom stereocenters. The van der Waals surface area contributed by atoms with Crippen LogP contribution < -0.4 is 10.6 Å². The number of carbonyl (C=O) groups is 2. The molecule has 3 aromatic rings. The summed E-state index contributed by atoms with van der Waals surface area (Å²) in [6, 6.07) is 13.2. The Balaban J connectivity index is 1.85. The van der Waals surface area contributed by atoms with E-state index in [1.807, 2.05) is 52.0 Å². The Morgan fingerprint density at radius 3 is 2.33 bits per heavy atom. The van der Waals surface area contributed by atoms with Crippen molar-refractivity contribution in [2.24, 2.45) is 0 Å². The van der Waals surface area contributed by atoms with Crippen molar-refractivity contribution in [2.45, 2.75) is 45.7 Å². The number of benzene rings is 2. The van der Waals surface area contributed by atoms with Gasteiger partial charge in [-0.15, -0.1) is 0 Å². The molecule has 0 unspecified atom stereocenters. The van der Waals surface area contributed by atoms with Crippen LogP contribution in [-0.4, -0.2) is 53.4 Å². The van der Waals surface area contributed by atoms with Gasteiger partial charge < -0.3 is 20.3 Å². The summed E-state index contributed by atoms with van der Waals surface area (Å²) in [4.78, 5) is 27.4. The van der Waals surface area contributed by atoms with E-state index in [0.29, 0.717) is 18.8 Å². The van der Waals surface area contributed by atoms with Gasteiger partial charge in [-0.25, -0.2) is 9.48 Å². The molecule has 1 aromatic heterocycles. The van der Waals surface area contributed by atoms with Crippen LogP contribution in [0.5, 0.6) is 0 Å². The van der Waals surface area contributed by atoms with E-state index in [1.165, 1.54) is 25.3 Å². The summed E-state index contributed by atoms with van der Waals surface area (Å²) in [5, 5.41) is 9.86. The minimum absolute atomic E-state index is 0.0889. The molecule has 3 amide bonds. The summed E-state index contributed by atoms with van der Waals surface area (Å²) >= 11 is 0. The van der Waals surface area contributed by atoms with Crippen LogP contribution in [0.1, 0.15) is 44.0 Å². The molecule has 8 nitrogen and oxygen atoms in total. The molecule has 0 saturated heterocycles. The van der Waals surface area contributed by atoms with Crippen LogP contribution >= 0.6 is 0 Å². The maximum atomic E-state index is 13.4. The molecule has 210 valence electrons. The van der Waals surface area contributed by atoms with Crippen LogP contribution in [0.25, 0.3) is 5.69 Å². The predicted molar refractivity (Wildman–Crippen MR) is 144 cm³/mol. The van der Waals surface area contributed by atoms with Crippen molar-refractivity contribution in [3.63, 3.8) is 0 Å². The third-order valence-electron chi connectivity index (χ3n) is 5.96. The Hall–Kier alpha value is -3.86. The van der Waals surface area contributed by atoms with Gasteiger partial charge in [0.15, 0.2) is 0 Å². The first-order valence-corrected chi connectivity index (χ1v) is 12.5. The largest absolute Gasteiger partial charge is 0.418 e. The van der Waals surface area contributed by atoms with Gasteiger partial charge in [0.05, 0.1) is 22.6 Å². The lowest BCUT2D eigenvalue weighted by Crippen LogP contribution is -2.42. The molecule has 0 radical (unpaired) electrons. The van der Waals surface area contributed by atoms with Crippen molar-refractivity contribution in [1.82, 2.24) is 14.7 Å². The van der Waals surface area contributed by atoms with Crippen LogP contribution in [0, 0.1) is 6.92 Å². The standard InChI is InChI=1S/C28H34F3N5O3/c1-19-11-6-9-14-22(19)36-24(17-23(34-36)27(2,3)4)33-25(37)18-35(15-10-16-39-5)26(38)32-21-13-8-7-12-20(21)28(29,30)31/h6-9,11-14,17H,10,15-16,18H2,1-5H3,(H,32,38)(H,33,37). The van der Waals surface area contributed by atoms with Crippen molar-refractivity contribution < 1.29 is 27.5 Å². The second-order valence-electron chi connectivity index (χ2n) is 10.2. The molecule has 2 N–H and O–H groups in total. The molecule has 39 heavy (non-hydrogen) atoms. The summed E-state index contributed by atoms with van der Waals surface area (Å²) in [7, 11) is 1.50. The number of methoxy groups -OCH3 is 1. The fraction of sp³-hybridized carbons (Fsp3) is 0.393. The Morgan fingerprint density at radius 2 is 1.69 bits per heavy atom. The first-order chi connectivity index (χ1) is 18.3. The van der Waals surface area contributed by atoms with Crippen molar-refractivity contribution in [1.29, 1.82) is 0 Å². The summed E-state index contributed by atoms with van der Waals surface area (Å²) in [5.41, 5.74) is 0.809. The number of alkyl halides is 3. The highest BCUT2D eigenvalue weighted by molar-refractivity contribution is 5.97. The second-order valence-corrected chi connectivity index (χ2v) is 10.2. The molecule has 0 bridgehead atoms. The Labute approximate surface area is 226 Å². The second kappa shape index (κ2) is 12.3. The minimum atomic E-state index is -4.65. The van der Waals surface area contributed by atoms with Gasteiger partial charge in [0.1, 0.15) is 12.4 Å². The third-order valence-corrected chi connectivity index (χ3v) is 5.96. The molecular formula is C28H34F3N5O3. The number of urea groups is 1. The van der Waals surface area contributed by atoms with E-state index in [1.54, 1.807) is 10.7 Å². The number of ether oxygens (including phenoxy) is 1. The van der Waals surface area contributed by atoms with Crippen molar-refractivity contribution >= 4 is 23.4 Å². The first-order valence-electron chi connectivity index (χ1n) is 12.5. The number of amides is 3. The molecule has 0 aliphatic rings. The minimum Gasteiger partial charge on any atom is -0.385 e. The average molecular weight is 546 g/mol. The predicted octanol–water partition coefficient (Wildman–Crippen LogP) is 6.01.